The van der Waals surface area contributed by atoms with Crippen LogP contribution in [0.4, 0.5) is 0 Å². The summed E-state index contributed by atoms with van der Waals surface area (Å²) in [7, 11) is 1.74. The highest BCUT2D eigenvalue weighted by atomic mass is 16.6. The maximum atomic E-state index is 5.78. The van der Waals surface area contributed by atoms with Gasteiger partial charge in [-0.25, -0.2) is 0 Å². The molecular weight excluding hydrogens is 302 g/mol. The Labute approximate surface area is 142 Å². The van der Waals surface area contributed by atoms with Crippen molar-refractivity contribution in [3.05, 3.63) is 52.6 Å². The molecule has 1 atom stereocenters. The van der Waals surface area contributed by atoms with Crippen molar-refractivity contribution in [2.45, 2.75) is 25.8 Å². The van der Waals surface area contributed by atoms with E-state index in [1.165, 1.54) is 22.3 Å². The minimum atomic E-state index is 0.116. The van der Waals surface area contributed by atoms with Crippen LogP contribution in [0, 0.1) is 0 Å². The van der Waals surface area contributed by atoms with Gasteiger partial charge in [-0.3, -0.25) is 0 Å². The number of methoxy groups -OCH3 is 1. The molecule has 0 spiro atoms. The van der Waals surface area contributed by atoms with Gasteiger partial charge in [-0.1, -0.05) is 19.1 Å². The van der Waals surface area contributed by atoms with Gasteiger partial charge in [0.1, 0.15) is 19.0 Å². The number of hydrogen-bond donors (Lipinski definition) is 1. The van der Waals surface area contributed by atoms with Gasteiger partial charge in [0.05, 0.1) is 13.2 Å². The van der Waals surface area contributed by atoms with Gasteiger partial charge in [-0.2, -0.15) is 0 Å². The van der Waals surface area contributed by atoms with Crippen molar-refractivity contribution in [2.75, 3.05) is 26.9 Å². The lowest BCUT2D eigenvalue weighted by atomic mass is 9.88. The van der Waals surface area contributed by atoms with Gasteiger partial charge < -0.3 is 19.5 Å². The van der Waals surface area contributed by atoms with Gasteiger partial charge in [0, 0.05) is 12.1 Å². The maximum absolute atomic E-state index is 5.78. The molecule has 4 heteroatoms. The van der Waals surface area contributed by atoms with Gasteiger partial charge in [0.15, 0.2) is 11.5 Å². The molecule has 0 amide bonds. The van der Waals surface area contributed by atoms with Crippen LogP contribution in [0.25, 0.3) is 0 Å². The molecule has 0 radical (unpaired) electrons. The molecule has 4 nitrogen and oxygen atoms in total. The Morgan fingerprint density at radius 1 is 1.08 bits per heavy atom. The largest absolute Gasteiger partial charge is 0.496 e. The second-order valence-electron chi connectivity index (χ2n) is 6.26. The fraction of sp³-hybridized carbons (Fsp3) is 0.400. The first-order valence-electron chi connectivity index (χ1n) is 8.62. The predicted molar refractivity (Wildman–Crippen MR) is 93.4 cm³/mol. The number of fused-ring (bicyclic) bond motifs is 2. The lowest BCUT2D eigenvalue weighted by molar-refractivity contribution is 0.171. The van der Waals surface area contributed by atoms with Crippen LogP contribution in [0.5, 0.6) is 17.2 Å². The predicted octanol–water partition coefficient (Wildman–Crippen LogP) is 3.26. The number of aryl methyl sites for hydroxylation is 1. The molecule has 0 saturated carbocycles. The van der Waals surface area contributed by atoms with Crippen LogP contribution in [-0.2, 0) is 12.8 Å². The first-order chi connectivity index (χ1) is 11.8. The second kappa shape index (κ2) is 6.36. The molecule has 2 aromatic carbocycles. The molecule has 126 valence electrons. The van der Waals surface area contributed by atoms with E-state index in [0.717, 1.165) is 36.6 Å². The first-order valence-corrected chi connectivity index (χ1v) is 8.62. The SMILES string of the molecule is CCc1ccc(C2NCCc3cc4c(cc32)OCCO4)c(OC)c1. The molecule has 2 aromatic rings. The minimum Gasteiger partial charge on any atom is -0.496 e. The Morgan fingerprint density at radius 2 is 1.88 bits per heavy atom. The average molecular weight is 325 g/mol. The summed E-state index contributed by atoms with van der Waals surface area (Å²) >= 11 is 0. The van der Waals surface area contributed by atoms with Gasteiger partial charge in [0.25, 0.3) is 0 Å². The average Bonchev–Trinajstić information content (AvgIpc) is 2.65. The highest BCUT2D eigenvalue weighted by molar-refractivity contribution is 5.54. The summed E-state index contributed by atoms with van der Waals surface area (Å²) < 4.78 is 17.2. The second-order valence-corrected chi connectivity index (χ2v) is 6.26. The third kappa shape index (κ3) is 2.61. The van der Waals surface area contributed by atoms with E-state index < -0.39 is 0 Å². The number of benzene rings is 2. The third-order valence-corrected chi connectivity index (χ3v) is 4.87. The maximum Gasteiger partial charge on any atom is 0.161 e. The van der Waals surface area contributed by atoms with Gasteiger partial charge >= 0.3 is 0 Å². The van der Waals surface area contributed by atoms with Crippen LogP contribution >= 0.6 is 0 Å². The standard InChI is InChI=1S/C20H23NO3/c1-3-13-4-5-15(17(10-13)22-2)20-16-12-19-18(23-8-9-24-19)11-14(16)6-7-21-20/h4-5,10-12,20-21H,3,6-9H2,1-2H3. The summed E-state index contributed by atoms with van der Waals surface area (Å²) in [4.78, 5) is 0. The summed E-state index contributed by atoms with van der Waals surface area (Å²) in [6.07, 6.45) is 2.00. The van der Waals surface area contributed by atoms with Gasteiger partial charge in [-0.05, 0) is 47.7 Å². The minimum absolute atomic E-state index is 0.116. The van der Waals surface area contributed by atoms with Crippen LogP contribution < -0.4 is 19.5 Å². The normalized spacial score (nSPS) is 18.8. The molecule has 1 unspecified atom stereocenters. The number of hydrogen-bond acceptors (Lipinski definition) is 4. The zero-order valence-corrected chi connectivity index (χ0v) is 14.2. The van der Waals surface area contributed by atoms with E-state index in [9.17, 15) is 0 Å². The zero-order chi connectivity index (χ0) is 16.5. The molecule has 2 aliphatic heterocycles. The molecule has 0 aromatic heterocycles. The molecule has 4 rings (SSSR count). The Balaban J connectivity index is 1.79. The third-order valence-electron chi connectivity index (χ3n) is 4.87. The van der Waals surface area contributed by atoms with Crippen molar-refractivity contribution in [1.82, 2.24) is 5.32 Å². The Bertz CT molecular complexity index is 757. The quantitative estimate of drug-likeness (QED) is 0.940. The molecule has 1 N–H and O–H groups in total. The first kappa shape index (κ1) is 15.3. The van der Waals surface area contributed by atoms with Crippen LogP contribution in [0.1, 0.15) is 35.2 Å². The molecule has 0 aliphatic carbocycles. The number of rotatable bonds is 3. The molecule has 2 heterocycles. The van der Waals surface area contributed by atoms with Crippen molar-refractivity contribution in [2.24, 2.45) is 0 Å². The fourth-order valence-corrected chi connectivity index (χ4v) is 3.58. The monoisotopic (exact) mass is 325 g/mol. The lowest BCUT2D eigenvalue weighted by Gasteiger charge is -2.30. The van der Waals surface area contributed by atoms with Crippen LogP contribution in [0.2, 0.25) is 0 Å². The Hall–Kier alpha value is -2.20. The summed E-state index contributed by atoms with van der Waals surface area (Å²) in [6.45, 7) is 4.33. The number of nitrogens with one attached hydrogen (secondary N) is 1. The van der Waals surface area contributed by atoms with Crippen molar-refractivity contribution < 1.29 is 14.2 Å². The van der Waals surface area contributed by atoms with Crippen LogP contribution in [0.15, 0.2) is 30.3 Å². The van der Waals surface area contributed by atoms with Crippen molar-refractivity contribution in [1.29, 1.82) is 0 Å². The topological polar surface area (TPSA) is 39.7 Å². The number of ether oxygens (including phenoxy) is 3. The van der Waals surface area contributed by atoms with E-state index in [4.69, 9.17) is 14.2 Å². The van der Waals surface area contributed by atoms with E-state index in [-0.39, 0.29) is 6.04 Å². The zero-order valence-electron chi connectivity index (χ0n) is 14.2. The van der Waals surface area contributed by atoms with Crippen molar-refractivity contribution in [3.8, 4) is 17.2 Å². The van der Waals surface area contributed by atoms with E-state index in [0.29, 0.717) is 13.2 Å². The highest BCUT2D eigenvalue weighted by Gasteiger charge is 2.27. The molecule has 0 fully saturated rings. The highest BCUT2D eigenvalue weighted by Crippen LogP contribution is 2.40. The van der Waals surface area contributed by atoms with Gasteiger partial charge in [0.2, 0.25) is 0 Å². The van der Waals surface area contributed by atoms with Crippen molar-refractivity contribution in [3.63, 3.8) is 0 Å². The Morgan fingerprint density at radius 3 is 2.62 bits per heavy atom. The molecule has 2 aliphatic rings. The van der Waals surface area contributed by atoms with E-state index >= 15 is 0 Å². The molecular formula is C20H23NO3. The molecule has 0 saturated heterocycles. The van der Waals surface area contributed by atoms with E-state index in [1.54, 1.807) is 7.11 Å². The van der Waals surface area contributed by atoms with E-state index in [2.05, 4.69) is 42.6 Å². The summed E-state index contributed by atoms with van der Waals surface area (Å²) in [5.41, 5.74) is 5.04. The van der Waals surface area contributed by atoms with Gasteiger partial charge in [-0.15, -0.1) is 0 Å². The van der Waals surface area contributed by atoms with E-state index in [1.807, 2.05) is 0 Å². The molecule has 24 heavy (non-hydrogen) atoms. The Kier molecular flexibility index (Phi) is 4.07. The summed E-state index contributed by atoms with van der Waals surface area (Å²) in [5.74, 6) is 2.65. The lowest BCUT2D eigenvalue weighted by Crippen LogP contribution is -2.31. The van der Waals surface area contributed by atoms with Crippen LogP contribution in [0.3, 0.4) is 0 Å². The summed E-state index contributed by atoms with van der Waals surface area (Å²) in [6, 6.07) is 10.9. The fourth-order valence-electron chi connectivity index (χ4n) is 3.58. The molecule has 0 bridgehead atoms. The smallest absolute Gasteiger partial charge is 0.161 e. The van der Waals surface area contributed by atoms with Crippen molar-refractivity contribution >= 4 is 0 Å². The summed E-state index contributed by atoms with van der Waals surface area (Å²) in [5, 5.41) is 3.63. The van der Waals surface area contributed by atoms with Crippen LogP contribution in [-0.4, -0.2) is 26.9 Å².